The summed E-state index contributed by atoms with van der Waals surface area (Å²) in [5.74, 6) is -0.289. The van der Waals surface area contributed by atoms with E-state index in [1.165, 1.54) is 6.07 Å². The molecule has 2 rings (SSSR count). The number of rotatable bonds is 4. The Balaban J connectivity index is 2.36. The second-order valence-corrected chi connectivity index (χ2v) is 6.34. The quantitative estimate of drug-likeness (QED) is 0.721. The van der Waals surface area contributed by atoms with Crippen LogP contribution in [0.1, 0.15) is 19.4 Å². The zero-order valence-electron chi connectivity index (χ0n) is 11.7. The molecule has 0 aliphatic rings. The average molecular weight is 347 g/mol. The predicted octanol–water partition coefficient (Wildman–Crippen LogP) is 5.95. The van der Waals surface area contributed by atoms with Crippen molar-refractivity contribution in [1.82, 2.24) is 5.32 Å². The van der Waals surface area contributed by atoms with Crippen LogP contribution in [0.4, 0.5) is 4.39 Å². The Bertz CT molecular complexity index is 633. The molecule has 0 spiro atoms. The Kier molecular flexibility index (Phi) is 5.50. The lowest BCUT2D eigenvalue weighted by molar-refractivity contribution is 0.553. The highest BCUT2D eigenvalue weighted by atomic mass is 35.5. The Labute approximate surface area is 139 Å². The van der Waals surface area contributed by atoms with Crippen molar-refractivity contribution in [3.8, 4) is 11.1 Å². The van der Waals surface area contributed by atoms with E-state index in [0.717, 1.165) is 0 Å². The molecule has 0 saturated heterocycles. The SMILES string of the molecule is CC(C)NCc1ccc(-c2c(Cl)cc(Cl)cc2Cl)cc1F. The van der Waals surface area contributed by atoms with Crippen molar-refractivity contribution in [2.45, 2.75) is 26.4 Å². The maximum absolute atomic E-state index is 14.2. The molecule has 0 fully saturated rings. The van der Waals surface area contributed by atoms with Gasteiger partial charge < -0.3 is 5.32 Å². The Hall–Kier alpha value is -0.800. The zero-order valence-corrected chi connectivity index (χ0v) is 14.0. The molecule has 21 heavy (non-hydrogen) atoms. The van der Waals surface area contributed by atoms with Gasteiger partial charge in [-0.05, 0) is 23.8 Å². The van der Waals surface area contributed by atoms with Gasteiger partial charge in [0, 0.05) is 28.7 Å². The highest BCUT2D eigenvalue weighted by Gasteiger charge is 2.12. The van der Waals surface area contributed by atoms with Crippen LogP contribution >= 0.6 is 34.8 Å². The lowest BCUT2D eigenvalue weighted by atomic mass is 10.0. The van der Waals surface area contributed by atoms with E-state index in [0.29, 0.717) is 44.3 Å². The van der Waals surface area contributed by atoms with Gasteiger partial charge in [-0.1, -0.05) is 60.8 Å². The van der Waals surface area contributed by atoms with E-state index >= 15 is 0 Å². The number of hydrogen-bond donors (Lipinski definition) is 1. The first-order valence-electron chi connectivity index (χ1n) is 6.55. The second-order valence-electron chi connectivity index (χ2n) is 5.09. The molecule has 0 aliphatic heterocycles. The molecule has 0 atom stereocenters. The third kappa shape index (κ3) is 4.10. The van der Waals surface area contributed by atoms with E-state index in [-0.39, 0.29) is 5.82 Å². The van der Waals surface area contributed by atoms with Crippen molar-refractivity contribution < 1.29 is 4.39 Å². The molecule has 0 amide bonds. The molecule has 112 valence electrons. The van der Waals surface area contributed by atoms with Gasteiger partial charge in [0.05, 0.1) is 10.0 Å². The monoisotopic (exact) mass is 345 g/mol. The first-order chi connectivity index (χ1) is 9.88. The first-order valence-corrected chi connectivity index (χ1v) is 7.68. The number of halogens is 4. The summed E-state index contributed by atoms with van der Waals surface area (Å²) in [4.78, 5) is 0. The minimum Gasteiger partial charge on any atom is -0.310 e. The normalized spacial score (nSPS) is 11.2. The fourth-order valence-electron chi connectivity index (χ4n) is 1.98. The third-order valence-corrected chi connectivity index (χ3v) is 3.86. The first kappa shape index (κ1) is 16.6. The van der Waals surface area contributed by atoms with Gasteiger partial charge in [0.25, 0.3) is 0 Å². The number of nitrogens with one attached hydrogen (secondary N) is 1. The molecular formula is C16H15Cl3FN. The highest BCUT2D eigenvalue weighted by Crippen LogP contribution is 2.37. The Morgan fingerprint density at radius 2 is 1.67 bits per heavy atom. The van der Waals surface area contributed by atoms with Crippen molar-refractivity contribution in [2.24, 2.45) is 0 Å². The van der Waals surface area contributed by atoms with Crippen LogP contribution in [0.15, 0.2) is 30.3 Å². The van der Waals surface area contributed by atoms with Crippen LogP contribution in [0.2, 0.25) is 15.1 Å². The van der Waals surface area contributed by atoms with E-state index in [1.54, 1.807) is 24.3 Å². The molecule has 0 heterocycles. The zero-order chi connectivity index (χ0) is 15.6. The molecule has 0 aromatic heterocycles. The van der Waals surface area contributed by atoms with Crippen LogP contribution in [-0.4, -0.2) is 6.04 Å². The van der Waals surface area contributed by atoms with Crippen LogP contribution in [-0.2, 0) is 6.54 Å². The van der Waals surface area contributed by atoms with Crippen LogP contribution in [0, 0.1) is 5.82 Å². The summed E-state index contributed by atoms with van der Waals surface area (Å²) in [6.07, 6.45) is 0. The van der Waals surface area contributed by atoms with Gasteiger partial charge in [-0.15, -0.1) is 0 Å². The standard InChI is InChI=1S/C16H15Cl3FN/c1-9(2)21-8-11-4-3-10(5-15(11)20)16-13(18)6-12(17)7-14(16)19/h3-7,9,21H,8H2,1-2H3. The van der Waals surface area contributed by atoms with Crippen LogP contribution in [0.3, 0.4) is 0 Å². The molecule has 5 heteroatoms. The molecule has 1 N–H and O–H groups in total. The summed E-state index contributed by atoms with van der Waals surface area (Å²) in [5.41, 5.74) is 1.83. The highest BCUT2D eigenvalue weighted by molar-refractivity contribution is 6.41. The smallest absolute Gasteiger partial charge is 0.128 e. The maximum atomic E-state index is 14.2. The van der Waals surface area contributed by atoms with Gasteiger partial charge in [0.15, 0.2) is 0 Å². The lowest BCUT2D eigenvalue weighted by Crippen LogP contribution is -2.22. The van der Waals surface area contributed by atoms with E-state index < -0.39 is 0 Å². The van der Waals surface area contributed by atoms with E-state index in [1.807, 2.05) is 13.8 Å². The molecule has 2 aromatic rings. The van der Waals surface area contributed by atoms with E-state index in [2.05, 4.69) is 5.32 Å². The van der Waals surface area contributed by atoms with Gasteiger partial charge >= 0.3 is 0 Å². The number of benzene rings is 2. The van der Waals surface area contributed by atoms with Gasteiger partial charge in [-0.2, -0.15) is 0 Å². The van der Waals surface area contributed by atoms with Crippen LogP contribution < -0.4 is 5.32 Å². The lowest BCUT2D eigenvalue weighted by Gasteiger charge is -2.12. The molecule has 0 radical (unpaired) electrons. The minimum absolute atomic E-state index is 0.289. The van der Waals surface area contributed by atoms with Crippen LogP contribution in [0.25, 0.3) is 11.1 Å². The van der Waals surface area contributed by atoms with Crippen molar-refractivity contribution in [1.29, 1.82) is 0 Å². The predicted molar refractivity (Wildman–Crippen MR) is 88.8 cm³/mol. The molecule has 0 unspecified atom stereocenters. The maximum Gasteiger partial charge on any atom is 0.128 e. The van der Waals surface area contributed by atoms with Crippen molar-refractivity contribution in [2.75, 3.05) is 0 Å². The summed E-state index contributed by atoms with van der Waals surface area (Å²) in [7, 11) is 0. The molecular weight excluding hydrogens is 332 g/mol. The Morgan fingerprint density at radius 3 is 2.19 bits per heavy atom. The molecule has 1 nitrogen and oxygen atoms in total. The van der Waals surface area contributed by atoms with Gasteiger partial charge in [-0.3, -0.25) is 0 Å². The largest absolute Gasteiger partial charge is 0.310 e. The summed E-state index contributed by atoms with van der Waals surface area (Å²) in [5, 5.41) is 4.44. The third-order valence-electron chi connectivity index (χ3n) is 3.05. The van der Waals surface area contributed by atoms with Gasteiger partial charge in [0.2, 0.25) is 0 Å². The van der Waals surface area contributed by atoms with Crippen molar-refractivity contribution in [3.63, 3.8) is 0 Å². The Morgan fingerprint density at radius 1 is 1.05 bits per heavy atom. The molecule has 0 bridgehead atoms. The topological polar surface area (TPSA) is 12.0 Å². The van der Waals surface area contributed by atoms with E-state index in [9.17, 15) is 4.39 Å². The summed E-state index contributed by atoms with van der Waals surface area (Å²) in [6.45, 7) is 4.50. The summed E-state index contributed by atoms with van der Waals surface area (Å²) >= 11 is 18.2. The summed E-state index contributed by atoms with van der Waals surface area (Å²) < 4.78 is 14.2. The fourth-order valence-corrected chi connectivity index (χ4v) is 3.01. The molecule has 2 aromatic carbocycles. The molecule has 0 saturated carbocycles. The van der Waals surface area contributed by atoms with Gasteiger partial charge in [-0.25, -0.2) is 4.39 Å². The van der Waals surface area contributed by atoms with E-state index in [4.69, 9.17) is 34.8 Å². The van der Waals surface area contributed by atoms with Crippen molar-refractivity contribution in [3.05, 3.63) is 56.8 Å². The van der Waals surface area contributed by atoms with Gasteiger partial charge in [0.1, 0.15) is 5.82 Å². The second kappa shape index (κ2) is 6.97. The number of hydrogen-bond acceptors (Lipinski definition) is 1. The minimum atomic E-state index is -0.289. The average Bonchev–Trinajstić information content (AvgIpc) is 2.36. The molecule has 0 aliphatic carbocycles. The van der Waals surface area contributed by atoms with Crippen molar-refractivity contribution >= 4 is 34.8 Å². The summed E-state index contributed by atoms with van der Waals surface area (Å²) in [6, 6.07) is 8.47. The fraction of sp³-hybridized carbons (Fsp3) is 0.250. The van der Waals surface area contributed by atoms with Crippen LogP contribution in [0.5, 0.6) is 0 Å².